The van der Waals surface area contributed by atoms with Crippen molar-refractivity contribution >= 4 is 16.7 Å². The van der Waals surface area contributed by atoms with Gasteiger partial charge in [-0.1, -0.05) is 85.3 Å². The molecule has 2 N–H and O–H groups in total. The van der Waals surface area contributed by atoms with Crippen molar-refractivity contribution in [1.82, 2.24) is 9.78 Å². The molecule has 0 unspecified atom stereocenters. The molecule has 190 valence electrons. The van der Waals surface area contributed by atoms with Crippen LogP contribution >= 0.6 is 11.8 Å². The lowest BCUT2D eigenvalue weighted by Crippen LogP contribution is -2.05. The maximum absolute atomic E-state index is 10.1. The van der Waals surface area contributed by atoms with Gasteiger partial charge in [-0.25, -0.2) is 4.68 Å². The number of aliphatic hydroxyl groups excluding tert-OH is 1. The summed E-state index contributed by atoms with van der Waals surface area (Å²) in [7, 11) is 0. The second-order valence-electron chi connectivity index (χ2n) is 8.02. The monoisotopic (exact) mass is 502 g/mol. The molecule has 3 aromatic carbocycles. The molecule has 1 aromatic heterocycles. The Bertz CT molecular complexity index is 1190. The first kappa shape index (κ1) is 29.0. The minimum Gasteiger partial charge on any atom is -0.507 e. The maximum Gasteiger partial charge on any atom is 0.123 e. The van der Waals surface area contributed by atoms with Crippen LogP contribution < -0.4 is 0 Å². The predicted molar refractivity (Wildman–Crippen MR) is 155 cm³/mol. The van der Waals surface area contributed by atoms with Crippen molar-refractivity contribution in [3.8, 4) is 11.4 Å². The van der Waals surface area contributed by atoms with Crippen molar-refractivity contribution in [3.63, 3.8) is 0 Å². The van der Waals surface area contributed by atoms with Crippen molar-refractivity contribution in [2.45, 2.75) is 40.0 Å². The van der Waals surface area contributed by atoms with E-state index in [4.69, 9.17) is 5.11 Å². The summed E-state index contributed by atoms with van der Waals surface area (Å²) in [4.78, 5) is 1.10. The Morgan fingerprint density at radius 1 is 0.917 bits per heavy atom. The van der Waals surface area contributed by atoms with Gasteiger partial charge >= 0.3 is 0 Å². The van der Waals surface area contributed by atoms with E-state index in [-0.39, 0.29) is 6.61 Å². The van der Waals surface area contributed by atoms with Gasteiger partial charge in [0.05, 0.1) is 5.69 Å². The number of hydrogen-bond acceptors (Lipinski definition) is 4. The molecule has 0 spiro atoms. The number of phenolic OH excluding ortho intramolecular Hbond substituents is 1. The number of nitrogens with zero attached hydrogens (tertiary/aromatic N) is 2. The summed E-state index contributed by atoms with van der Waals surface area (Å²) in [5.74, 6) is 0.329. The topological polar surface area (TPSA) is 58.3 Å². The van der Waals surface area contributed by atoms with Gasteiger partial charge in [0.15, 0.2) is 0 Å². The molecule has 0 aliphatic heterocycles. The highest BCUT2D eigenvalue weighted by Gasteiger charge is 2.09. The molecule has 1 heterocycles. The third kappa shape index (κ3) is 9.06. The highest BCUT2D eigenvalue weighted by molar-refractivity contribution is 8.07. The Kier molecular flexibility index (Phi) is 13.2. The summed E-state index contributed by atoms with van der Waals surface area (Å²) >= 11 is 1.66. The highest BCUT2D eigenvalue weighted by Crippen LogP contribution is 2.32. The zero-order chi connectivity index (χ0) is 26.2. The van der Waals surface area contributed by atoms with Crippen molar-refractivity contribution in [2.24, 2.45) is 0 Å². The van der Waals surface area contributed by atoms with Gasteiger partial charge in [-0.3, -0.25) is 0 Å². The first-order chi connectivity index (χ1) is 17.5. The molecule has 5 heteroatoms. The van der Waals surface area contributed by atoms with E-state index >= 15 is 0 Å². The third-order valence-corrected chi connectivity index (χ3v) is 6.21. The van der Waals surface area contributed by atoms with E-state index in [0.717, 1.165) is 35.4 Å². The fraction of sp³-hybridized carbons (Fsp3) is 0.258. The Labute approximate surface area is 220 Å². The van der Waals surface area contributed by atoms with Gasteiger partial charge in [0, 0.05) is 29.0 Å². The van der Waals surface area contributed by atoms with Gasteiger partial charge in [0.1, 0.15) is 5.75 Å². The molecule has 4 rings (SSSR count). The molecule has 0 aliphatic carbocycles. The second kappa shape index (κ2) is 16.4. The summed E-state index contributed by atoms with van der Waals surface area (Å²) < 4.78 is 2.05. The molecule has 4 aromatic rings. The summed E-state index contributed by atoms with van der Waals surface area (Å²) in [5, 5.41) is 22.2. The van der Waals surface area contributed by atoms with Crippen LogP contribution in [0.25, 0.3) is 10.6 Å². The number of benzene rings is 3. The molecule has 0 bridgehead atoms. The average Bonchev–Trinajstić information content (AvgIpc) is 3.37. The van der Waals surface area contributed by atoms with Crippen LogP contribution in [-0.4, -0.2) is 32.9 Å². The third-order valence-electron chi connectivity index (χ3n) is 5.38. The molecule has 0 saturated heterocycles. The van der Waals surface area contributed by atoms with E-state index < -0.39 is 0 Å². The van der Waals surface area contributed by atoms with Crippen LogP contribution in [0.15, 0.2) is 97.2 Å². The number of aryl methyl sites for hydroxylation is 3. The van der Waals surface area contributed by atoms with E-state index in [1.165, 1.54) is 16.8 Å². The normalized spacial score (nSPS) is 10.6. The van der Waals surface area contributed by atoms with Crippen LogP contribution in [0.5, 0.6) is 5.75 Å². The van der Waals surface area contributed by atoms with Crippen LogP contribution in [-0.2, 0) is 12.8 Å². The Morgan fingerprint density at radius 2 is 1.56 bits per heavy atom. The number of thioether (sulfide) groups is 1. The lowest BCUT2D eigenvalue weighted by Gasteiger charge is -2.11. The Hall–Kier alpha value is -3.28. The molecule has 0 saturated carbocycles. The summed E-state index contributed by atoms with van der Waals surface area (Å²) in [6, 6.07) is 28.3. The second-order valence-corrected chi connectivity index (χ2v) is 8.86. The summed E-state index contributed by atoms with van der Waals surface area (Å²) in [6.45, 7) is 6.18. The van der Waals surface area contributed by atoms with Crippen molar-refractivity contribution in [1.29, 1.82) is 0 Å². The maximum atomic E-state index is 10.1. The van der Waals surface area contributed by atoms with Crippen molar-refractivity contribution in [3.05, 3.63) is 120 Å². The lowest BCUT2D eigenvalue weighted by molar-refractivity contribution is 0.318. The fourth-order valence-corrected chi connectivity index (χ4v) is 4.30. The van der Waals surface area contributed by atoms with E-state index in [9.17, 15) is 5.11 Å². The van der Waals surface area contributed by atoms with Crippen molar-refractivity contribution in [2.75, 3.05) is 12.9 Å². The van der Waals surface area contributed by atoms with Crippen LogP contribution in [0.3, 0.4) is 0 Å². The SMILES string of the molecule is CCO.CCc1ccccc1-n1nccc1CC/C=C(\SC)c1ccccc1O.Cc1ccccc1. The van der Waals surface area contributed by atoms with Crippen LogP contribution in [0.2, 0.25) is 0 Å². The molecular formula is C31H38N2O2S. The number of aromatic nitrogens is 2. The minimum atomic E-state index is 0.250. The zero-order valence-electron chi connectivity index (χ0n) is 21.8. The number of para-hydroxylation sites is 2. The molecule has 36 heavy (non-hydrogen) atoms. The smallest absolute Gasteiger partial charge is 0.123 e. The molecule has 0 radical (unpaired) electrons. The molecule has 0 atom stereocenters. The van der Waals surface area contributed by atoms with E-state index in [0.29, 0.717) is 5.75 Å². The van der Waals surface area contributed by atoms with Gasteiger partial charge in [-0.15, -0.1) is 11.8 Å². The van der Waals surface area contributed by atoms with Crippen molar-refractivity contribution < 1.29 is 10.2 Å². The lowest BCUT2D eigenvalue weighted by atomic mass is 10.1. The molecule has 4 nitrogen and oxygen atoms in total. The van der Waals surface area contributed by atoms with Gasteiger partial charge in [-0.2, -0.15) is 5.10 Å². The Morgan fingerprint density at radius 3 is 2.17 bits per heavy atom. The number of aliphatic hydroxyl groups is 1. The molecular weight excluding hydrogens is 464 g/mol. The van der Waals surface area contributed by atoms with Crippen LogP contribution in [0.1, 0.15) is 42.7 Å². The van der Waals surface area contributed by atoms with Crippen LogP contribution in [0.4, 0.5) is 0 Å². The van der Waals surface area contributed by atoms with Gasteiger partial charge in [0.25, 0.3) is 0 Å². The van der Waals surface area contributed by atoms with Gasteiger partial charge < -0.3 is 10.2 Å². The molecule has 0 amide bonds. The Balaban J connectivity index is 0.000000383. The van der Waals surface area contributed by atoms with E-state index in [2.05, 4.69) is 67.5 Å². The average molecular weight is 503 g/mol. The zero-order valence-corrected chi connectivity index (χ0v) is 22.6. The number of hydrogen-bond donors (Lipinski definition) is 2. The van der Waals surface area contributed by atoms with E-state index in [1.807, 2.05) is 53.5 Å². The highest BCUT2D eigenvalue weighted by atomic mass is 32.2. The molecule has 0 aliphatic rings. The number of aromatic hydroxyl groups is 1. The van der Waals surface area contributed by atoms with Gasteiger partial charge in [0.2, 0.25) is 0 Å². The largest absolute Gasteiger partial charge is 0.507 e. The van der Waals surface area contributed by atoms with Gasteiger partial charge in [-0.05, 0) is 63.1 Å². The number of allylic oxidation sites excluding steroid dienone is 1. The fourth-order valence-electron chi connectivity index (χ4n) is 3.62. The van der Waals surface area contributed by atoms with E-state index in [1.54, 1.807) is 24.8 Å². The van der Waals surface area contributed by atoms with Crippen LogP contribution in [0, 0.1) is 6.92 Å². The number of rotatable bonds is 7. The first-order valence-corrected chi connectivity index (χ1v) is 13.5. The quantitative estimate of drug-likeness (QED) is 0.275. The summed E-state index contributed by atoms with van der Waals surface area (Å²) in [5.41, 5.74) is 5.86. The number of phenols is 1. The summed E-state index contributed by atoms with van der Waals surface area (Å²) in [6.07, 6.45) is 8.88. The molecule has 0 fully saturated rings. The predicted octanol–water partition coefficient (Wildman–Crippen LogP) is 7.47. The minimum absolute atomic E-state index is 0.250. The first-order valence-electron chi connectivity index (χ1n) is 12.3. The standard InChI is InChI=1S/C22H24N2OS.C7H8.C2H6O/c1-3-17-9-4-6-12-20(17)24-18(15-16-23-24)10-8-14-22(26-2)19-11-5-7-13-21(19)25;1-7-5-3-2-4-6-7;1-2-3/h4-7,9,11-16,25H,3,8,10H2,1-2H3;2-6H,1H3;3H,2H2,1H3/b22-14-;;.